The second-order valence-electron chi connectivity index (χ2n) is 13.2. The number of rotatable bonds is 6. The molecule has 0 N–H and O–H groups in total. The summed E-state index contributed by atoms with van der Waals surface area (Å²) < 4.78 is 0. The zero-order valence-corrected chi connectivity index (χ0v) is 28.9. The Labute approximate surface area is 300 Å². The maximum absolute atomic E-state index is 2.45. The predicted octanol–water partition coefficient (Wildman–Crippen LogP) is 12.4. The lowest BCUT2D eigenvalue weighted by molar-refractivity contribution is 1.62. The molecule has 1 heteroatoms. The van der Waals surface area contributed by atoms with Gasteiger partial charge in [-0.15, -0.1) is 0 Å². The second-order valence-corrected chi connectivity index (χ2v) is 15.3. The molecule has 0 radical (unpaired) electrons. The average molecular weight is 665 g/mol. The van der Waals surface area contributed by atoms with E-state index in [0.717, 1.165) is 0 Å². The minimum Gasteiger partial charge on any atom is -0.0622 e. The van der Waals surface area contributed by atoms with Gasteiger partial charge < -0.3 is 0 Å². The first-order chi connectivity index (χ1) is 25.4. The van der Waals surface area contributed by atoms with Crippen LogP contribution >= 0.6 is 7.92 Å². The highest BCUT2D eigenvalue weighted by molar-refractivity contribution is 7.80. The first-order valence-electron chi connectivity index (χ1n) is 17.6. The minimum absolute atomic E-state index is 0.897. The molecule has 9 aromatic carbocycles. The van der Waals surface area contributed by atoms with Crippen molar-refractivity contribution in [2.24, 2.45) is 0 Å². The van der Waals surface area contributed by atoms with E-state index in [1.165, 1.54) is 93.1 Å². The predicted molar refractivity (Wildman–Crippen MR) is 221 cm³/mol. The lowest BCUT2D eigenvalue weighted by Crippen LogP contribution is -2.22. The van der Waals surface area contributed by atoms with Gasteiger partial charge in [0, 0.05) is 0 Å². The number of hydrogen-bond donors (Lipinski definition) is 0. The maximum Gasteiger partial charge on any atom is -0.000741 e. The molecule has 1 aliphatic carbocycles. The van der Waals surface area contributed by atoms with Crippen molar-refractivity contribution < 1.29 is 0 Å². The van der Waals surface area contributed by atoms with E-state index in [1.54, 1.807) is 0 Å². The molecule has 238 valence electrons. The van der Waals surface area contributed by atoms with Crippen LogP contribution < -0.4 is 15.9 Å². The van der Waals surface area contributed by atoms with Gasteiger partial charge in [-0.2, -0.15) is 0 Å². The molecule has 0 saturated carbocycles. The zero-order chi connectivity index (χ0) is 33.7. The van der Waals surface area contributed by atoms with Crippen LogP contribution in [0.3, 0.4) is 0 Å². The molecule has 0 aromatic heterocycles. The van der Waals surface area contributed by atoms with E-state index in [9.17, 15) is 0 Å². The van der Waals surface area contributed by atoms with Crippen LogP contribution in [0.15, 0.2) is 200 Å². The van der Waals surface area contributed by atoms with Gasteiger partial charge in [0.05, 0.1) is 0 Å². The Bertz CT molecular complexity index is 2620. The SMILES string of the molecule is c1ccc(-c2ccccc2P(c2ccccc2)c2ccc3c4c(cccc24)-c2c-3c(-c3ccccc3)c3ccccc3c2-c2ccccc2)cc1. The van der Waals surface area contributed by atoms with Gasteiger partial charge in [-0.3, -0.25) is 0 Å². The van der Waals surface area contributed by atoms with Crippen molar-refractivity contribution >= 4 is 45.4 Å². The third kappa shape index (κ3) is 4.79. The lowest BCUT2D eigenvalue weighted by Gasteiger charge is -2.24. The maximum atomic E-state index is 2.45. The van der Waals surface area contributed by atoms with E-state index in [0.29, 0.717) is 0 Å². The molecular weight excluding hydrogens is 632 g/mol. The van der Waals surface area contributed by atoms with Crippen LogP contribution in [0.5, 0.6) is 0 Å². The first kappa shape index (κ1) is 29.8. The molecule has 1 atom stereocenters. The van der Waals surface area contributed by atoms with Crippen molar-refractivity contribution in [2.75, 3.05) is 0 Å². The fraction of sp³-hybridized carbons (Fsp3) is 0. The third-order valence-corrected chi connectivity index (χ3v) is 12.9. The summed E-state index contributed by atoms with van der Waals surface area (Å²) in [7, 11) is -0.897. The van der Waals surface area contributed by atoms with Crippen LogP contribution in [-0.4, -0.2) is 0 Å². The summed E-state index contributed by atoms with van der Waals surface area (Å²) in [4.78, 5) is 0. The summed E-state index contributed by atoms with van der Waals surface area (Å²) in [6.07, 6.45) is 0. The highest BCUT2D eigenvalue weighted by Crippen LogP contribution is 2.58. The largest absolute Gasteiger partial charge is 0.0622 e. The Morgan fingerprint density at radius 1 is 0.255 bits per heavy atom. The molecule has 0 bridgehead atoms. The molecule has 0 heterocycles. The zero-order valence-electron chi connectivity index (χ0n) is 28.0. The van der Waals surface area contributed by atoms with E-state index in [2.05, 4.69) is 200 Å². The van der Waals surface area contributed by atoms with Gasteiger partial charge in [-0.05, 0) is 101 Å². The quantitative estimate of drug-likeness (QED) is 0.155. The molecule has 1 unspecified atom stereocenters. The third-order valence-electron chi connectivity index (χ3n) is 10.4. The molecule has 10 rings (SSSR count). The number of benzene rings is 9. The van der Waals surface area contributed by atoms with E-state index in [4.69, 9.17) is 0 Å². The normalized spacial score (nSPS) is 12.2. The minimum atomic E-state index is -0.897. The average Bonchev–Trinajstić information content (AvgIpc) is 3.54. The van der Waals surface area contributed by atoms with Gasteiger partial charge in [0.1, 0.15) is 0 Å². The Morgan fingerprint density at radius 3 is 1.31 bits per heavy atom. The Hall–Kier alpha value is -6.07. The van der Waals surface area contributed by atoms with Crippen LogP contribution in [0, 0.1) is 0 Å². The Morgan fingerprint density at radius 2 is 0.706 bits per heavy atom. The van der Waals surface area contributed by atoms with Crippen molar-refractivity contribution in [1.29, 1.82) is 0 Å². The van der Waals surface area contributed by atoms with Gasteiger partial charge in [0.25, 0.3) is 0 Å². The Kier molecular flexibility index (Phi) is 7.23. The summed E-state index contributed by atoms with van der Waals surface area (Å²) in [5.41, 5.74) is 13.0. The molecular formula is C50H33P. The first-order valence-corrected chi connectivity index (χ1v) is 19.0. The van der Waals surface area contributed by atoms with Crippen LogP contribution in [-0.2, 0) is 0 Å². The molecule has 9 aromatic rings. The monoisotopic (exact) mass is 664 g/mol. The van der Waals surface area contributed by atoms with Gasteiger partial charge in [0.15, 0.2) is 0 Å². The lowest BCUT2D eigenvalue weighted by atomic mass is 9.82. The summed E-state index contributed by atoms with van der Waals surface area (Å²) >= 11 is 0. The standard InChI is InChI=1S/C50H33P/c1-5-18-34(19-6-1)38-26-15-16-31-44(38)51(37-24-11-4-12-25-37)45-33-32-43-48-41(45)29-17-30-42(48)49-46(35-20-7-2-8-21-35)39-27-13-14-28-40(39)47(50(43)49)36-22-9-3-10-23-36/h1-33H. The van der Waals surface area contributed by atoms with Crippen molar-refractivity contribution in [3.8, 4) is 55.6 Å². The van der Waals surface area contributed by atoms with Crippen LogP contribution in [0.1, 0.15) is 0 Å². The van der Waals surface area contributed by atoms with E-state index in [1.807, 2.05) is 0 Å². The van der Waals surface area contributed by atoms with Gasteiger partial charge >= 0.3 is 0 Å². The second kappa shape index (κ2) is 12.4. The highest BCUT2D eigenvalue weighted by Gasteiger charge is 2.32. The van der Waals surface area contributed by atoms with E-state index in [-0.39, 0.29) is 0 Å². The van der Waals surface area contributed by atoms with Crippen LogP contribution in [0.2, 0.25) is 0 Å². The van der Waals surface area contributed by atoms with Crippen molar-refractivity contribution in [3.63, 3.8) is 0 Å². The fourth-order valence-electron chi connectivity index (χ4n) is 8.30. The smallest absolute Gasteiger partial charge is 0.000741 e. The molecule has 1 aliphatic rings. The molecule has 0 fully saturated rings. The van der Waals surface area contributed by atoms with Crippen LogP contribution in [0.25, 0.3) is 77.2 Å². The summed E-state index contributed by atoms with van der Waals surface area (Å²) in [6, 6.07) is 73.9. The molecule has 0 spiro atoms. The van der Waals surface area contributed by atoms with Gasteiger partial charge in [-0.25, -0.2) is 0 Å². The van der Waals surface area contributed by atoms with Crippen LogP contribution in [0.4, 0.5) is 0 Å². The topological polar surface area (TPSA) is 0 Å². The van der Waals surface area contributed by atoms with E-state index < -0.39 is 7.92 Å². The van der Waals surface area contributed by atoms with Crippen molar-refractivity contribution in [3.05, 3.63) is 200 Å². The molecule has 51 heavy (non-hydrogen) atoms. The summed E-state index contributed by atoms with van der Waals surface area (Å²) in [5.74, 6) is 0. The molecule has 0 saturated heterocycles. The van der Waals surface area contributed by atoms with Crippen molar-refractivity contribution in [2.45, 2.75) is 0 Å². The highest BCUT2D eigenvalue weighted by atomic mass is 31.1. The number of hydrogen-bond acceptors (Lipinski definition) is 0. The summed E-state index contributed by atoms with van der Waals surface area (Å²) in [5, 5.41) is 9.38. The Balaban J connectivity index is 1.32. The molecule has 0 aliphatic heterocycles. The summed E-state index contributed by atoms with van der Waals surface area (Å²) in [6.45, 7) is 0. The molecule has 0 amide bonds. The molecule has 0 nitrogen and oxygen atoms in total. The van der Waals surface area contributed by atoms with Crippen molar-refractivity contribution in [1.82, 2.24) is 0 Å². The van der Waals surface area contributed by atoms with Gasteiger partial charge in [0.2, 0.25) is 0 Å². The van der Waals surface area contributed by atoms with Gasteiger partial charge in [-0.1, -0.05) is 200 Å². The van der Waals surface area contributed by atoms with E-state index >= 15 is 0 Å². The fourth-order valence-corrected chi connectivity index (χ4v) is 10.9. The number of fused-ring (bicyclic) bond motifs is 4.